The summed E-state index contributed by atoms with van der Waals surface area (Å²) < 4.78 is 10.5. The molecule has 1 atom stereocenters. The lowest BCUT2D eigenvalue weighted by atomic mass is 10.1. The third-order valence-electron chi connectivity index (χ3n) is 3.19. The second kappa shape index (κ2) is 8.55. The third kappa shape index (κ3) is 4.83. The van der Waals surface area contributed by atoms with Gasteiger partial charge in [0.05, 0.1) is 6.61 Å². The molecule has 0 aliphatic rings. The predicted octanol–water partition coefficient (Wildman–Crippen LogP) is 1.52. The summed E-state index contributed by atoms with van der Waals surface area (Å²) in [7, 11) is 3.42. The highest BCUT2D eigenvalue weighted by Gasteiger charge is 2.16. The summed E-state index contributed by atoms with van der Waals surface area (Å²) in [5.74, 6) is 0.723. The van der Waals surface area contributed by atoms with Crippen LogP contribution in [-0.2, 0) is 4.74 Å². The van der Waals surface area contributed by atoms with Crippen molar-refractivity contribution in [2.24, 2.45) is 5.73 Å². The normalized spacial score (nSPS) is 12.0. The second-order valence-electron chi connectivity index (χ2n) is 4.72. The van der Waals surface area contributed by atoms with E-state index in [-0.39, 0.29) is 11.9 Å². The molecule has 0 aromatic heterocycles. The molecule has 0 heterocycles. The molecule has 1 aromatic rings. The van der Waals surface area contributed by atoms with Crippen molar-refractivity contribution in [3.8, 4) is 5.75 Å². The number of likely N-dealkylation sites (N-methyl/N-ethyl adjacent to an activating group) is 1. The Bertz CT molecular complexity index is 406. The van der Waals surface area contributed by atoms with Gasteiger partial charge in [-0.1, -0.05) is 0 Å². The van der Waals surface area contributed by atoms with E-state index in [1.165, 1.54) is 0 Å². The number of methoxy groups -OCH3 is 1. The van der Waals surface area contributed by atoms with E-state index in [2.05, 4.69) is 0 Å². The Morgan fingerprint density at radius 3 is 2.50 bits per heavy atom. The number of nitrogens with zero attached hydrogens (tertiary/aromatic N) is 1. The molecule has 5 nitrogen and oxygen atoms in total. The van der Waals surface area contributed by atoms with E-state index in [1.807, 2.05) is 6.92 Å². The quantitative estimate of drug-likeness (QED) is 0.733. The zero-order valence-electron chi connectivity index (χ0n) is 12.5. The van der Waals surface area contributed by atoms with Gasteiger partial charge in [0, 0.05) is 45.3 Å². The van der Waals surface area contributed by atoms with Gasteiger partial charge in [0.25, 0.3) is 5.91 Å². The second-order valence-corrected chi connectivity index (χ2v) is 4.72. The smallest absolute Gasteiger partial charge is 0.253 e. The Labute approximate surface area is 120 Å². The Hall–Kier alpha value is -1.59. The van der Waals surface area contributed by atoms with Crippen LogP contribution in [0.25, 0.3) is 0 Å². The number of carbonyl (C=O) groups excluding carboxylic acids is 1. The molecular weight excluding hydrogens is 256 g/mol. The molecule has 0 radical (unpaired) electrons. The summed E-state index contributed by atoms with van der Waals surface area (Å²) in [5.41, 5.74) is 6.20. The van der Waals surface area contributed by atoms with E-state index in [1.54, 1.807) is 43.3 Å². The lowest BCUT2D eigenvalue weighted by molar-refractivity contribution is 0.0748. The topological polar surface area (TPSA) is 64.8 Å². The highest BCUT2D eigenvalue weighted by molar-refractivity contribution is 5.94. The molecule has 1 amide bonds. The van der Waals surface area contributed by atoms with Crippen LogP contribution >= 0.6 is 0 Å². The van der Waals surface area contributed by atoms with E-state index in [0.717, 1.165) is 12.2 Å². The molecule has 112 valence electrons. The van der Waals surface area contributed by atoms with E-state index in [9.17, 15) is 4.79 Å². The number of amides is 1. The first-order chi connectivity index (χ1) is 9.60. The molecule has 2 N–H and O–H groups in total. The van der Waals surface area contributed by atoms with Crippen LogP contribution in [0.2, 0.25) is 0 Å². The Morgan fingerprint density at radius 2 is 1.95 bits per heavy atom. The zero-order chi connectivity index (χ0) is 15.0. The molecule has 0 spiro atoms. The summed E-state index contributed by atoms with van der Waals surface area (Å²) in [6.45, 7) is 3.65. The van der Waals surface area contributed by atoms with Gasteiger partial charge in [-0.3, -0.25) is 4.79 Å². The van der Waals surface area contributed by atoms with Gasteiger partial charge in [0.2, 0.25) is 0 Å². The molecule has 20 heavy (non-hydrogen) atoms. The summed E-state index contributed by atoms with van der Waals surface area (Å²) in [4.78, 5) is 13.8. The first-order valence-corrected chi connectivity index (χ1v) is 6.79. The van der Waals surface area contributed by atoms with Gasteiger partial charge in [0.15, 0.2) is 0 Å². The van der Waals surface area contributed by atoms with Crippen molar-refractivity contribution in [3.05, 3.63) is 29.8 Å². The Morgan fingerprint density at radius 1 is 1.30 bits per heavy atom. The summed E-state index contributed by atoms with van der Waals surface area (Å²) in [6.07, 6.45) is 0.841. The van der Waals surface area contributed by atoms with Gasteiger partial charge < -0.3 is 20.1 Å². The summed E-state index contributed by atoms with van der Waals surface area (Å²) in [6, 6.07) is 7.18. The fourth-order valence-electron chi connectivity index (χ4n) is 1.65. The van der Waals surface area contributed by atoms with E-state index in [0.29, 0.717) is 25.3 Å². The van der Waals surface area contributed by atoms with Crippen molar-refractivity contribution in [1.82, 2.24) is 4.90 Å². The van der Waals surface area contributed by atoms with Gasteiger partial charge in [-0.05, 0) is 31.2 Å². The number of rotatable bonds is 8. The zero-order valence-corrected chi connectivity index (χ0v) is 12.5. The number of ether oxygens (including phenoxy) is 2. The summed E-state index contributed by atoms with van der Waals surface area (Å²) in [5, 5.41) is 0. The molecule has 0 saturated heterocycles. The molecule has 1 rings (SSSR count). The fourth-order valence-corrected chi connectivity index (χ4v) is 1.65. The molecular formula is C15H24N2O3. The van der Waals surface area contributed by atoms with Crippen LogP contribution in [0.15, 0.2) is 24.3 Å². The maximum atomic E-state index is 12.2. The Balaban J connectivity index is 2.55. The average molecular weight is 280 g/mol. The number of carbonyl (C=O) groups is 1. The van der Waals surface area contributed by atoms with E-state index >= 15 is 0 Å². The fraction of sp³-hybridized carbons (Fsp3) is 0.533. The SMILES string of the molecule is COCCCOc1ccc(C(=O)N(C)C(C)CN)cc1. The third-order valence-corrected chi connectivity index (χ3v) is 3.19. The number of hydrogen-bond donors (Lipinski definition) is 1. The predicted molar refractivity (Wildman–Crippen MR) is 79.0 cm³/mol. The molecule has 0 bridgehead atoms. The standard InChI is InChI=1S/C15H24N2O3/c1-12(11-16)17(2)15(18)13-5-7-14(8-6-13)20-10-4-9-19-3/h5-8,12H,4,9-11,16H2,1-3H3. The maximum Gasteiger partial charge on any atom is 0.253 e. The van der Waals surface area contributed by atoms with Crippen molar-refractivity contribution in [1.29, 1.82) is 0 Å². The first kappa shape index (κ1) is 16.5. The maximum absolute atomic E-state index is 12.2. The molecule has 0 fully saturated rings. The van der Waals surface area contributed by atoms with Crippen LogP contribution in [-0.4, -0.2) is 50.8 Å². The van der Waals surface area contributed by atoms with E-state index < -0.39 is 0 Å². The van der Waals surface area contributed by atoms with Gasteiger partial charge in [-0.2, -0.15) is 0 Å². The van der Waals surface area contributed by atoms with Crippen LogP contribution in [0.5, 0.6) is 5.75 Å². The van der Waals surface area contributed by atoms with Crippen molar-refractivity contribution >= 4 is 5.91 Å². The van der Waals surface area contributed by atoms with E-state index in [4.69, 9.17) is 15.2 Å². The van der Waals surface area contributed by atoms with Gasteiger partial charge >= 0.3 is 0 Å². The minimum atomic E-state index is -0.0334. The monoisotopic (exact) mass is 280 g/mol. The average Bonchev–Trinajstić information content (AvgIpc) is 2.50. The number of nitrogens with two attached hydrogens (primary N) is 1. The Kier molecular flexibility index (Phi) is 7.04. The van der Waals surface area contributed by atoms with Gasteiger partial charge in [0.1, 0.15) is 5.75 Å². The minimum Gasteiger partial charge on any atom is -0.494 e. The van der Waals surface area contributed by atoms with Crippen LogP contribution in [0.3, 0.4) is 0 Å². The number of hydrogen-bond acceptors (Lipinski definition) is 4. The number of benzene rings is 1. The highest BCUT2D eigenvalue weighted by atomic mass is 16.5. The molecule has 1 unspecified atom stereocenters. The molecule has 1 aromatic carbocycles. The molecule has 0 saturated carbocycles. The largest absolute Gasteiger partial charge is 0.494 e. The first-order valence-electron chi connectivity index (χ1n) is 6.79. The van der Waals surface area contributed by atoms with Crippen molar-refractivity contribution in [2.45, 2.75) is 19.4 Å². The summed E-state index contributed by atoms with van der Waals surface area (Å²) >= 11 is 0. The van der Waals surface area contributed by atoms with Crippen LogP contribution in [0, 0.1) is 0 Å². The van der Waals surface area contributed by atoms with Crippen molar-refractivity contribution < 1.29 is 14.3 Å². The van der Waals surface area contributed by atoms with Crippen LogP contribution < -0.4 is 10.5 Å². The van der Waals surface area contributed by atoms with Crippen molar-refractivity contribution in [3.63, 3.8) is 0 Å². The van der Waals surface area contributed by atoms with Crippen LogP contribution in [0.4, 0.5) is 0 Å². The minimum absolute atomic E-state index is 0.0208. The van der Waals surface area contributed by atoms with Gasteiger partial charge in [-0.15, -0.1) is 0 Å². The lowest BCUT2D eigenvalue weighted by Crippen LogP contribution is -2.39. The van der Waals surface area contributed by atoms with Crippen molar-refractivity contribution in [2.75, 3.05) is 33.9 Å². The highest BCUT2D eigenvalue weighted by Crippen LogP contribution is 2.14. The lowest BCUT2D eigenvalue weighted by Gasteiger charge is -2.23. The van der Waals surface area contributed by atoms with Gasteiger partial charge in [-0.25, -0.2) is 0 Å². The molecule has 5 heteroatoms. The molecule has 0 aliphatic heterocycles. The van der Waals surface area contributed by atoms with Crippen LogP contribution in [0.1, 0.15) is 23.7 Å². The molecule has 0 aliphatic carbocycles.